The number of carbonyl (C=O) groups excluding carboxylic acids is 5. The van der Waals surface area contributed by atoms with Gasteiger partial charge in [0, 0.05) is 58.0 Å². The van der Waals surface area contributed by atoms with Gasteiger partial charge in [0.05, 0.1) is 24.9 Å². The first-order valence-corrected chi connectivity index (χ1v) is 24.4. The zero-order chi connectivity index (χ0) is 48.9. The van der Waals surface area contributed by atoms with E-state index in [0.717, 1.165) is 12.0 Å². The molecule has 0 aromatic carbocycles. The van der Waals surface area contributed by atoms with E-state index in [2.05, 4.69) is 0 Å². The smallest absolute Gasteiger partial charge is 0.329 e. The molecule has 2 saturated heterocycles. The second kappa shape index (κ2) is 25.8. The highest BCUT2D eigenvalue weighted by atomic mass is 16.6. The highest BCUT2D eigenvalue weighted by molar-refractivity contribution is 6.39. The Balaban J connectivity index is 1.71. The molecule has 15 atom stereocenters. The molecule has 4 rings (SSSR count). The van der Waals surface area contributed by atoms with Gasteiger partial charge >= 0.3 is 5.97 Å². The summed E-state index contributed by atoms with van der Waals surface area (Å²) in [7, 11) is 4.55. The summed E-state index contributed by atoms with van der Waals surface area (Å²) in [6.45, 7) is 13.1. The Bertz CT molecular complexity index is 1770. The molecule has 0 aromatic heterocycles. The van der Waals surface area contributed by atoms with Crippen molar-refractivity contribution in [2.24, 2.45) is 41.4 Å². The van der Waals surface area contributed by atoms with Crippen LogP contribution < -0.4 is 0 Å². The number of ether oxygens (including phenoxy) is 5. The van der Waals surface area contributed by atoms with Gasteiger partial charge in [0.25, 0.3) is 11.7 Å². The molecular weight excluding hydrogens is 847 g/mol. The van der Waals surface area contributed by atoms with Crippen LogP contribution in [0.4, 0.5) is 0 Å². The number of rotatable bonds is 7. The maximum Gasteiger partial charge on any atom is 0.329 e. The third kappa shape index (κ3) is 14.6. The Labute approximate surface area is 393 Å². The van der Waals surface area contributed by atoms with Crippen LogP contribution in [0.1, 0.15) is 126 Å². The summed E-state index contributed by atoms with van der Waals surface area (Å²) in [4.78, 5) is 72.1. The number of esters is 1. The van der Waals surface area contributed by atoms with Gasteiger partial charge in [-0.3, -0.25) is 19.2 Å². The van der Waals surface area contributed by atoms with E-state index < -0.39 is 83.7 Å². The Hall–Kier alpha value is -3.37. The second-order valence-electron chi connectivity index (χ2n) is 20.0. The molecule has 4 aliphatic rings. The van der Waals surface area contributed by atoms with Crippen LogP contribution in [0.15, 0.2) is 47.6 Å². The van der Waals surface area contributed by atoms with E-state index in [1.807, 2.05) is 58.1 Å². The van der Waals surface area contributed by atoms with E-state index in [9.17, 15) is 39.3 Å². The highest BCUT2D eigenvalue weighted by Crippen LogP contribution is 2.38. The Morgan fingerprint density at radius 2 is 1.56 bits per heavy atom. The Morgan fingerprint density at radius 1 is 0.833 bits per heavy atom. The number of ketones is 3. The number of piperidine rings is 1. The number of aliphatic hydroxyl groups excluding tert-OH is 2. The molecule has 3 fully saturated rings. The minimum Gasteiger partial charge on any atom is -0.460 e. The molecule has 3 N–H and O–H groups in total. The minimum atomic E-state index is -2.42. The number of methoxy groups -OCH3 is 3. The van der Waals surface area contributed by atoms with Crippen LogP contribution in [-0.2, 0) is 47.7 Å². The quantitative estimate of drug-likeness (QED) is 0.144. The molecule has 1 aliphatic carbocycles. The van der Waals surface area contributed by atoms with Crippen molar-refractivity contribution in [2.75, 3.05) is 34.5 Å². The van der Waals surface area contributed by atoms with Crippen LogP contribution in [0.2, 0.25) is 0 Å². The minimum absolute atomic E-state index is 0.0243. The first-order valence-electron chi connectivity index (χ1n) is 24.4. The normalized spacial score (nSPS) is 40.6. The fourth-order valence-corrected chi connectivity index (χ4v) is 10.4. The number of aliphatic hydroxyl groups is 3. The van der Waals surface area contributed by atoms with E-state index in [1.54, 1.807) is 41.1 Å². The molecule has 0 spiro atoms. The number of nitrogens with zero attached hydrogens (tertiary/aromatic N) is 1. The van der Waals surface area contributed by atoms with Gasteiger partial charge in [-0.25, -0.2) is 4.79 Å². The fourth-order valence-electron chi connectivity index (χ4n) is 10.4. The van der Waals surface area contributed by atoms with E-state index in [4.69, 9.17) is 23.7 Å². The van der Waals surface area contributed by atoms with E-state index in [1.165, 1.54) is 12.0 Å². The van der Waals surface area contributed by atoms with Gasteiger partial charge in [-0.2, -0.15) is 0 Å². The third-order valence-corrected chi connectivity index (χ3v) is 14.8. The first kappa shape index (κ1) is 55.2. The van der Waals surface area contributed by atoms with E-state index in [-0.39, 0.29) is 48.4 Å². The zero-order valence-electron chi connectivity index (χ0n) is 41.3. The lowest BCUT2D eigenvalue weighted by molar-refractivity contribution is -0.265. The lowest BCUT2D eigenvalue weighted by atomic mass is 9.81. The predicted molar refractivity (Wildman–Crippen MR) is 250 cm³/mol. The summed E-state index contributed by atoms with van der Waals surface area (Å²) in [6.07, 6.45) is 12.1. The van der Waals surface area contributed by atoms with Crippen LogP contribution >= 0.6 is 0 Å². The number of cyclic esters (lactones) is 1. The molecule has 1 saturated carbocycles. The average molecular weight is 928 g/mol. The molecule has 2 bridgehead atoms. The molecule has 0 aromatic rings. The monoisotopic (exact) mass is 928 g/mol. The van der Waals surface area contributed by atoms with Gasteiger partial charge in [0.2, 0.25) is 5.79 Å². The summed E-state index contributed by atoms with van der Waals surface area (Å²) in [5.74, 6) is -8.07. The van der Waals surface area contributed by atoms with Crippen LogP contribution in [0.3, 0.4) is 0 Å². The van der Waals surface area contributed by atoms with E-state index >= 15 is 0 Å². The van der Waals surface area contributed by atoms with Crippen molar-refractivity contribution in [2.45, 2.75) is 174 Å². The number of hydrogen-bond acceptors (Lipinski definition) is 13. The Kier molecular flexibility index (Phi) is 21.6. The van der Waals surface area contributed by atoms with Gasteiger partial charge in [-0.05, 0) is 108 Å². The molecular formula is C52H81NO13. The first-order chi connectivity index (χ1) is 31.2. The largest absolute Gasteiger partial charge is 0.460 e. The molecule has 1 amide bonds. The lowest BCUT2D eigenvalue weighted by Crippen LogP contribution is -2.62. The molecule has 3 heterocycles. The van der Waals surface area contributed by atoms with Crippen molar-refractivity contribution in [3.63, 3.8) is 0 Å². The van der Waals surface area contributed by atoms with Gasteiger partial charge in [0.15, 0.2) is 5.78 Å². The average Bonchev–Trinajstić information content (AvgIpc) is 3.28. The van der Waals surface area contributed by atoms with Crippen molar-refractivity contribution in [1.29, 1.82) is 0 Å². The van der Waals surface area contributed by atoms with Gasteiger partial charge in [-0.1, -0.05) is 76.6 Å². The number of fused-ring (bicyclic) bond motifs is 3. The highest BCUT2D eigenvalue weighted by Gasteiger charge is 2.53. The summed E-state index contributed by atoms with van der Waals surface area (Å²) in [5, 5.41) is 33.9. The van der Waals surface area contributed by atoms with Gasteiger partial charge in [0.1, 0.15) is 30.1 Å². The SMILES string of the molecule is COC[C@H]1C[C@@H]2CC[C@@H](C)[C@@](O)(O2)C(=O)C(=O)N2CCC[C@H](C)[C@H]2C(=O)O[C@H](CC[C@@H]2CC[C@@H](O)[C@H](OC)C2)CC(=O)[C@H](C)/C=C(\C)[C@@H](O)[C@@H](OC)C(=O)[C@H](C)C[C@H](C)/C=C/C=C/C=C/1C. The fraction of sp³-hybridized carbons (Fsp3) is 0.750. The Morgan fingerprint density at radius 3 is 2.24 bits per heavy atom. The molecule has 14 heteroatoms. The molecule has 14 nitrogen and oxygen atoms in total. The standard InChI is InChI=1S/C52H81NO13/c1-31-15-12-11-13-16-32(2)39(30-62-8)28-41-21-18-37(7)52(61,66-41)49(58)50(59)53-24-14-17-33(3)45(53)51(60)65-40(22-19-38-20-23-42(54)44(27-38)63-9)29-43(55)34(4)26-36(6)47(57)48(64-10)46(56)35(5)25-31/h11-13,15-16,26,31,33-35,37-42,44-45,47-48,54,57,61H,14,17-25,27-30H2,1-10H3/b13-11+,15-12+,32-16+,36-26+/t31-,33+,34-,35-,37-,38-,39-,40-,41+,42-,44-,45+,47-,48+,52-/m1/s1. The molecule has 372 valence electrons. The molecule has 66 heavy (non-hydrogen) atoms. The predicted octanol–water partition coefficient (Wildman–Crippen LogP) is 6.43. The van der Waals surface area contributed by atoms with Crippen LogP contribution in [0.25, 0.3) is 0 Å². The van der Waals surface area contributed by atoms with Gasteiger partial charge in [-0.15, -0.1) is 0 Å². The topological polar surface area (TPSA) is 195 Å². The van der Waals surface area contributed by atoms with Crippen molar-refractivity contribution in [3.05, 3.63) is 47.6 Å². The van der Waals surface area contributed by atoms with Crippen molar-refractivity contribution in [3.8, 4) is 0 Å². The molecule has 0 radical (unpaired) electrons. The molecule has 0 unspecified atom stereocenters. The van der Waals surface area contributed by atoms with Gasteiger partial charge < -0.3 is 43.9 Å². The number of carbonyl (C=O) groups is 5. The number of allylic oxidation sites excluding steroid dienone is 6. The summed E-state index contributed by atoms with van der Waals surface area (Å²) >= 11 is 0. The third-order valence-electron chi connectivity index (χ3n) is 14.8. The van der Waals surface area contributed by atoms with Crippen molar-refractivity contribution >= 4 is 29.2 Å². The zero-order valence-corrected chi connectivity index (χ0v) is 41.3. The van der Waals surface area contributed by atoms with Crippen molar-refractivity contribution < 1.29 is 63.0 Å². The summed E-state index contributed by atoms with van der Waals surface area (Å²) in [6, 6.07) is -1.16. The molecule has 3 aliphatic heterocycles. The summed E-state index contributed by atoms with van der Waals surface area (Å²) < 4.78 is 29.2. The number of Topliss-reactive ketones (excluding diaryl/α,β-unsaturated/α-hetero) is 3. The maximum atomic E-state index is 14.5. The number of amides is 1. The second-order valence-corrected chi connectivity index (χ2v) is 20.0. The lowest BCUT2D eigenvalue weighted by Gasteiger charge is -2.43. The summed E-state index contributed by atoms with van der Waals surface area (Å²) in [5.41, 5.74) is 1.38. The van der Waals surface area contributed by atoms with Crippen LogP contribution in [0.5, 0.6) is 0 Å². The van der Waals surface area contributed by atoms with E-state index in [0.29, 0.717) is 76.4 Å². The number of hydrogen-bond donors (Lipinski definition) is 3. The maximum absolute atomic E-state index is 14.5. The van der Waals surface area contributed by atoms with Crippen molar-refractivity contribution in [1.82, 2.24) is 4.90 Å². The van der Waals surface area contributed by atoms with Crippen LogP contribution in [0, 0.1) is 41.4 Å². The van der Waals surface area contributed by atoms with Crippen LogP contribution in [-0.4, -0.2) is 132 Å².